The molecule has 0 aromatic carbocycles. The maximum atomic E-state index is 11.0. The van der Waals surface area contributed by atoms with Crippen LogP contribution in [0.4, 0.5) is 0 Å². The second-order valence-corrected chi connectivity index (χ2v) is 5.66. The lowest BCUT2D eigenvalue weighted by atomic mass is 10.1. The molecule has 0 rings (SSSR count). The molecule has 0 saturated heterocycles. The van der Waals surface area contributed by atoms with Crippen molar-refractivity contribution in [3.05, 3.63) is 0 Å². The molecule has 0 aliphatic carbocycles. The van der Waals surface area contributed by atoms with Gasteiger partial charge in [0.25, 0.3) is 0 Å². The largest absolute Gasteiger partial charge is 0.465 e. The van der Waals surface area contributed by atoms with E-state index in [1.54, 1.807) is 0 Å². The van der Waals surface area contributed by atoms with Crippen molar-refractivity contribution in [2.75, 3.05) is 18.1 Å². The number of hydrogen-bond donors (Lipinski definition) is 0. The first kappa shape index (κ1) is 13.9. The number of sulfone groups is 1. The van der Waals surface area contributed by atoms with Gasteiger partial charge in [-0.2, -0.15) is 5.26 Å². The number of nitriles is 1. The molecule has 0 N–H and O–H groups in total. The van der Waals surface area contributed by atoms with Gasteiger partial charge in [-0.1, -0.05) is 13.8 Å². The monoisotopic (exact) mass is 233 g/mol. The fraction of sp³-hybridized carbons (Fsp3) is 0.778. The summed E-state index contributed by atoms with van der Waals surface area (Å²) in [5.41, 5.74) is 0. The summed E-state index contributed by atoms with van der Waals surface area (Å²) in [5.74, 6) is -1.75. The number of esters is 1. The zero-order valence-corrected chi connectivity index (χ0v) is 9.71. The minimum Gasteiger partial charge on any atom is -0.465 e. The molecule has 5 nitrogen and oxygen atoms in total. The molecule has 0 unspecified atom stereocenters. The van der Waals surface area contributed by atoms with Crippen molar-refractivity contribution in [1.29, 1.82) is 5.26 Å². The van der Waals surface area contributed by atoms with Crippen LogP contribution in [0.2, 0.25) is 0 Å². The molecule has 6 heteroatoms. The Bertz CT molecular complexity index is 340. The SMILES string of the molecule is CC(C)CCOC(=O)CS(=O)(=O)CC#N. The van der Waals surface area contributed by atoms with Crippen molar-refractivity contribution in [2.45, 2.75) is 20.3 Å². The molecule has 0 fully saturated rings. The van der Waals surface area contributed by atoms with Gasteiger partial charge in [0, 0.05) is 0 Å². The highest BCUT2D eigenvalue weighted by Gasteiger charge is 2.17. The van der Waals surface area contributed by atoms with Crippen LogP contribution < -0.4 is 0 Å². The van der Waals surface area contributed by atoms with E-state index in [0.717, 1.165) is 0 Å². The predicted molar refractivity (Wildman–Crippen MR) is 54.7 cm³/mol. The standard InChI is InChI=1S/C9H15NO4S/c1-8(2)3-5-14-9(11)7-15(12,13)6-4-10/h8H,3,5-7H2,1-2H3. The van der Waals surface area contributed by atoms with Crippen LogP contribution in [0.25, 0.3) is 0 Å². The van der Waals surface area contributed by atoms with Crippen molar-refractivity contribution in [3.8, 4) is 6.07 Å². The van der Waals surface area contributed by atoms with E-state index >= 15 is 0 Å². The molecule has 0 aliphatic heterocycles. The second kappa shape index (κ2) is 6.40. The fourth-order valence-electron chi connectivity index (χ4n) is 0.779. The van der Waals surface area contributed by atoms with Gasteiger partial charge in [-0.15, -0.1) is 0 Å². The van der Waals surface area contributed by atoms with Gasteiger partial charge in [-0.3, -0.25) is 4.79 Å². The molecule has 0 atom stereocenters. The summed E-state index contributed by atoms with van der Waals surface area (Å²) in [6.07, 6.45) is 0.698. The molecular weight excluding hydrogens is 218 g/mol. The van der Waals surface area contributed by atoms with E-state index in [0.29, 0.717) is 12.3 Å². The third kappa shape index (κ3) is 7.94. The van der Waals surface area contributed by atoms with Gasteiger partial charge in [0.1, 0.15) is 11.5 Å². The van der Waals surface area contributed by atoms with E-state index < -0.39 is 27.3 Å². The van der Waals surface area contributed by atoms with E-state index in [1.165, 1.54) is 6.07 Å². The molecule has 15 heavy (non-hydrogen) atoms. The smallest absolute Gasteiger partial charge is 0.321 e. The Balaban J connectivity index is 3.90. The Labute approximate surface area is 90.0 Å². The minimum absolute atomic E-state index is 0.221. The van der Waals surface area contributed by atoms with Crippen molar-refractivity contribution in [1.82, 2.24) is 0 Å². The molecule has 86 valence electrons. The number of ether oxygens (including phenoxy) is 1. The normalized spacial score (nSPS) is 11.1. The first-order valence-corrected chi connectivity index (χ1v) is 6.42. The highest BCUT2D eigenvalue weighted by molar-refractivity contribution is 7.92. The summed E-state index contributed by atoms with van der Waals surface area (Å²) in [7, 11) is -3.62. The number of nitrogens with zero attached hydrogens (tertiary/aromatic N) is 1. The van der Waals surface area contributed by atoms with Crippen LogP contribution in [0.15, 0.2) is 0 Å². The van der Waals surface area contributed by atoms with Crippen LogP contribution in [-0.2, 0) is 19.4 Å². The van der Waals surface area contributed by atoms with Gasteiger partial charge in [0.15, 0.2) is 9.84 Å². The van der Waals surface area contributed by atoms with E-state index in [1.807, 2.05) is 13.8 Å². The third-order valence-electron chi connectivity index (χ3n) is 1.58. The minimum atomic E-state index is -3.62. The van der Waals surface area contributed by atoms with Crippen molar-refractivity contribution in [3.63, 3.8) is 0 Å². The average molecular weight is 233 g/mol. The zero-order chi connectivity index (χ0) is 11.9. The summed E-state index contributed by atoms with van der Waals surface area (Å²) in [5, 5.41) is 8.18. The third-order valence-corrected chi connectivity index (χ3v) is 2.82. The lowest BCUT2D eigenvalue weighted by Crippen LogP contribution is -2.21. The van der Waals surface area contributed by atoms with Crippen LogP contribution in [0.1, 0.15) is 20.3 Å². The van der Waals surface area contributed by atoms with Gasteiger partial charge in [-0.25, -0.2) is 8.42 Å². The second-order valence-electron chi connectivity index (χ2n) is 3.59. The van der Waals surface area contributed by atoms with Gasteiger partial charge in [0.05, 0.1) is 12.7 Å². The van der Waals surface area contributed by atoms with Crippen molar-refractivity contribution >= 4 is 15.8 Å². The molecule has 0 aromatic heterocycles. The van der Waals surface area contributed by atoms with E-state index in [2.05, 4.69) is 0 Å². The predicted octanol–water partition coefficient (Wildman–Crippen LogP) is 0.514. The first-order chi connectivity index (χ1) is 6.87. The Morgan fingerprint density at radius 2 is 2.07 bits per heavy atom. The number of carbonyl (C=O) groups is 1. The van der Waals surface area contributed by atoms with Crippen LogP contribution in [0, 0.1) is 17.2 Å². The molecule has 0 radical (unpaired) electrons. The summed E-state index contributed by atoms with van der Waals surface area (Å²) >= 11 is 0. The Morgan fingerprint density at radius 3 is 2.53 bits per heavy atom. The van der Waals surface area contributed by atoms with Crippen LogP contribution >= 0.6 is 0 Å². The molecule has 0 amide bonds. The van der Waals surface area contributed by atoms with Crippen LogP contribution in [-0.4, -0.2) is 32.5 Å². The lowest BCUT2D eigenvalue weighted by molar-refractivity contribution is -0.140. The Kier molecular flexibility index (Phi) is 5.94. The summed E-state index contributed by atoms with van der Waals surface area (Å²) in [6, 6.07) is 1.49. The summed E-state index contributed by atoms with van der Waals surface area (Å²) < 4.78 is 26.7. The highest BCUT2D eigenvalue weighted by Crippen LogP contribution is 2.00. The van der Waals surface area contributed by atoms with E-state index in [4.69, 9.17) is 10.00 Å². The van der Waals surface area contributed by atoms with Crippen molar-refractivity contribution < 1.29 is 17.9 Å². The van der Waals surface area contributed by atoms with E-state index in [9.17, 15) is 13.2 Å². The van der Waals surface area contributed by atoms with Gasteiger partial charge < -0.3 is 4.74 Å². The van der Waals surface area contributed by atoms with E-state index in [-0.39, 0.29) is 6.61 Å². The topological polar surface area (TPSA) is 84.2 Å². The van der Waals surface area contributed by atoms with Gasteiger partial charge in [-0.05, 0) is 12.3 Å². The average Bonchev–Trinajstić information content (AvgIpc) is 2.01. The molecule has 0 aromatic rings. The maximum Gasteiger partial charge on any atom is 0.321 e. The maximum absolute atomic E-state index is 11.0. The molecular formula is C9H15NO4S. The highest BCUT2D eigenvalue weighted by atomic mass is 32.2. The van der Waals surface area contributed by atoms with Crippen molar-refractivity contribution in [2.24, 2.45) is 5.92 Å². The van der Waals surface area contributed by atoms with Crippen LogP contribution in [0.5, 0.6) is 0 Å². The zero-order valence-electron chi connectivity index (χ0n) is 8.89. The molecule has 0 aliphatic rings. The van der Waals surface area contributed by atoms with Crippen LogP contribution in [0.3, 0.4) is 0 Å². The molecule has 0 bridgehead atoms. The summed E-state index contributed by atoms with van der Waals surface area (Å²) in [6.45, 7) is 4.17. The Morgan fingerprint density at radius 1 is 1.47 bits per heavy atom. The van der Waals surface area contributed by atoms with Gasteiger partial charge in [0.2, 0.25) is 0 Å². The number of rotatable bonds is 6. The molecule has 0 heterocycles. The number of carbonyl (C=O) groups excluding carboxylic acids is 1. The lowest BCUT2D eigenvalue weighted by Gasteiger charge is -2.06. The summed E-state index contributed by atoms with van der Waals surface area (Å²) in [4.78, 5) is 11.0. The number of hydrogen-bond acceptors (Lipinski definition) is 5. The quantitative estimate of drug-likeness (QED) is 0.624. The fourth-order valence-corrected chi connectivity index (χ4v) is 1.52. The first-order valence-electron chi connectivity index (χ1n) is 4.60. The Hall–Kier alpha value is -1.09. The molecule has 0 saturated carbocycles. The van der Waals surface area contributed by atoms with Gasteiger partial charge >= 0.3 is 5.97 Å². The molecule has 0 spiro atoms.